The van der Waals surface area contributed by atoms with Gasteiger partial charge in [0, 0.05) is 12.4 Å². The second kappa shape index (κ2) is 48.4. The number of unbranched alkanes of at least 4 members (excludes halogenated alkanes) is 20. The van der Waals surface area contributed by atoms with Gasteiger partial charge in [0.15, 0.2) is 5.25 Å². The molecular weight excluding hydrogens is 855 g/mol. The SMILES string of the molecule is CCCCCCCCOC(=O)CC(C(=O)OCCCCCCCC)S(=O)(=O)O.CCCCCCC[CH2][Ca][CH2]CCCCCCC.O=C([O-])CC(C(=O)[O-])S(=O)(=O)O.[Na+].[Na+]. The van der Waals surface area contributed by atoms with Crippen LogP contribution in [0.4, 0.5) is 0 Å². The Kier molecular flexibility index (Phi) is 56.6. The fourth-order valence-electron chi connectivity index (χ4n) is 5.64. The van der Waals surface area contributed by atoms with Crippen LogP contribution in [-0.2, 0) is 48.9 Å². The molecule has 14 nitrogen and oxygen atoms in total. The van der Waals surface area contributed by atoms with E-state index in [1.807, 2.05) is 0 Å². The Labute approximate surface area is 420 Å². The molecule has 0 aromatic carbocycles. The van der Waals surface area contributed by atoms with Gasteiger partial charge in [-0.2, -0.15) is 16.8 Å². The van der Waals surface area contributed by atoms with Crippen molar-refractivity contribution in [2.24, 2.45) is 0 Å². The summed E-state index contributed by atoms with van der Waals surface area (Å²) in [6.45, 7) is 9.10. The maximum absolute atomic E-state index is 12.0. The average molecular weight is 931 g/mol. The molecule has 0 aliphatic carbocycles. The van der Waals surface area contributed by atoms with E-state index >= 15 is 0 Å². The number of carbonyl (C=O) groups excluding carboxylic acids is 4. The van der Waals surface area contributed by atoms with Gasteiger partial charge in [-0.1, -0.05) is 78.1 Å². The van der Waals surface area contributed by atoms with E-state index in [0.29, 0.717) is 12.8 Å². The summed E-state index contributed by atoms with van der Waals surface area (Å²) in [7, 11) is -9.68. The van der Waals surface area contributed by atoms with Gasteiger partial charge in [0.05, 0.1) is 25.6 Å². The molecule has 2 N–H and O–H groups in total. The Morgan fingerprint density at radius 1 is 0.492 bits per heavy atom. The number of hydrogen-bond donors (Lipinski definition) is 2. The second-order valence-corrected chi connectivity index (χ2v) is 21.1. The number of carbonyl (C=O) groups is 4. The normalized spacial score (nSPS) is 11.8. The van der Waals surface area contributed by atoms with Crippen LogP contribution in [0, 0.1) is 0 Å². The van der Waals surface area contributed by atoms with Crippen LogP contribution < -0.4 is 69.3 Å². The van der Waals surface area contributed by atoms with Crippen LogP contribution in [0.3, 0.4) is 0 Å². The fourth-order valence-corrected chi connectivity index (χ4v) is 9.65. The molecule has 0 saturated heterocycles. The van der Waals surface area contributed by atoms with Gasteiger partial charge in [0.1, 0.15) is 5.25 Å². The predicted molar refractivity (Wildman–Crippen MR) is 221 cm³/mol. The quantitative estimate of drug-likeness (QED) is 0.0383. The first kappa shape index (κ1) is 69.0. The smallest absolute Gasteiger partial charge is 0.550 e. The molecule has 59 heavy (non-hydrogen) atoms. The molecule has 0 aliphatic rings. The van der Waals surface area contributed by atoms with Crippen molar-refractivity contribution in [2.45, 2.75) is 210 Å². The molecule has 2 atom stereocenters. The maximum atomic E-state index is 12.0. The van der Waals surface area contributed by atoms with E-state index in [4.69, 9.17) is 14.0 Å². The Morgan fingerprint density at radius 2 is 0.814 bits per heavy atom. The van der Waals surface area contributed by atoms with E-state index in [1.54, 1.807) is 17.9 Å². The van der Waals surface area contributed by atoms with Crippen LogP contribution in [0.5, 0.6) is 0 Å². The Balaban J connectivity index is -0.000000267. The Bertz CT molecular complexity index is 1210. The van der Waals surface area contributed by atoms with E-state index in [9.17, 15) is 50.8 Å². The number of hydrogen-bond acceptors (Lipinski definition) is 12. The molecule has 336 valence electrons. The Hall–Kier alpha value is 0.960. The van der Waals surface area contributed by atoms with Gasteiger partial charge in [0.2, 0.25) is 0 Å². The molecule has 19 heteroatoms. The van der Waals surface area contributed by atoms with E-state index in [0.717, 1.165) is 57.8 Å². The van der Waals surface area contributed by atoms with E-state index in [-0.39, 0.29) is 106 Å². The number of rotatable bonds is 36. The van der Waals surface area contributed by atoms with Crippen molar-refractivity contribution in [3.05, 3.63) is 0 Å². The van der Waals surface area contributed by atoms with Crippen LogP contribution in [0.2, 0.25) is 5.04 Å². The maximum Gasteiger partial charge on any atom is 1.00 e. The number of carboxylic acid groups (broad SMARTS) is 2. The Morgan fingerprint density at radius 3 is 1.12 bits per heavy atom. The van der Waals surface area contributed by atoms with Gasteiger partial charge >= 0.3 is 201 Å². The summed E-state index contributed by atoms with van der Waals surface area (Å²) in [5.74, 6) is -6.01. The molecule has 0 aromatic heterocycles. The molecule has 0 amide bonds. The van der Waals surface area contributed by atoms with Gasteiger partial charge in [-0.3, -0.25) is 18.7 Å². The number of esters is 2. The fraction of sp³-hybridized carbons (Fsp3) is 0.900. The van der Waals surface area contributed by atoms with Gasteiger partial charge < -0.3 is 29.3 Å². The third-order valence-electron chi connectivity index (χ3n) is 9.16. The number of aliphatic carboxylic acids is 2. The monoisotopic (exact) mass is 930 g/mol. The predicted octanol–water partition coefficient (Wildman–Crippen LogP) is 0.829. The minimum atomic E-state index is -4.94. The number of carboxylic acids is 2. The van der Waals surface area contributed by atoms with Crippen LogP contribution in [-0.4, -0.2) is 107 Å². The molecule has 0 saturated carbocycles. The van der Waals surface area contributed by atoms with Crippen molar-refractivity contribution in [1.29, 1.82) is 0 Å². The van der Waals surface area contributed by atoms with Crippen molar-refractivity contribution in [2.75, 3.05) is 13.2 Å². The molecule has 0 aliphatic heterocycles. The van der Waals surface area contributed by atoms with Crippen molar-refractivity contribution >= 4 is 78.0 Å². The van der Waals surface area contributed by atoms with Crippen molar-refractivity contribution < 1.29 is 124 Å². The summed E-state index contributed by atoms with van der Waals surface area (Å²) >= 11 is -0.0720. The van der Waals surface area contributed by atoms with Crippen molar-refractivity contribution in [3.63, 3.8) is 0 Å². The van der Waals surface area contributed by atoms with E-state index in [1.165, 1.54) is 70.6 Å². The first-order valence-corrected chi connectivity index (χ1v) is 27.8. The first-order chi connectivity index (χ1) is 27.0. The van der Waals surface area contributed by atoms with Crippen molar-refractivity contribution in [3.8, 4) is 0 Å². The molecule has 0 fully saturated rings. The third kappa shape index (κ3) is 51.5. The molecule has 0 radical (unpaired) electrons. The van der Waals surface area contributed by atoms with E-state index in [2.05, 4.69) is 27.7 Å². The summed E-state index contributed by atoms with van der Waals surface area (Å²) in [5.41, 5.74) is 0. The van der Waals surface area contributed by atoms with Crippen LogP contribution in [0.15, 0.2) is 0 Å². The topological polar surface area (TPSA) is 242 Å². The molecule has 0 bridgehead atoms. The molecule has 0 aromatic rings. The average Bonchev–Trinajstić information content (AvgIpc) is 3.13. The zero-order valence-corrected chi connectivity index (χ0v) is 45.5. The van der Waals surface area contributed by atoms with Crippen LogP contribution in [0.1, 0.15) is 195 Å². The zero-order valence-electron chi connectivity index (χ0n) is 37.7. The van der Waals surface area contributed by atoms with Crippen LogP contribution >= 0.6 is 0 Å². The van der Waals surface area contributed by atoms with Gasteiger partial charge in [-0.25, -0.2) is 0 Å². The zero-order chi connectivity index (χ0) is 43.8. The minimum absolute atomic E-state index is 0. The molecule has 2 unspecified atom stereocenters. The molecule has 0 heterocycles. The van der Waals surface area contributed by atoms with Gasteiger partial charge in [-0.05, 0) is 12.8 Å². The standard InChI is InChI=1S/C20H38O7S.2C8H17.C4H6O7S.Ca.2Na/c1-3-5-7-9-11-13-15-26-19(21)17-18(28(23,24)25)20(22)27-16-14-12-10-8-6-4-2;2*1-3-5-7-8-6-4-2;5-3(6)1-2(4(7)8)12(9,10)11;;;/h18H,3-17H2,1-2H3,(H,23,24,25);2*1,3-8H2,2H3;2H,1H2,(H,5,6)(H,7,8)(H,9,10,11);;;/q;;;;;2*+1/p-2. The van der Waals surface area contributed by atoms with Gasteiger partial charge in [-0.15, -0.1) is 0 Å². The summed E-state index contributed by atoms with van der Waals surface area (Å²) in [5, 5.41) is 15.3. The summed E-state index contributed by atoms with van der Waals surface area (Å²) < 4.78 is 73.9. The summed E-state index contributed by atoms with van der Waals surface area (Å²) in [6, 6.07) is 0. The molecule has 0 spiro atoms. The minimum Gasteiger partial charge on any atom is -0.550 e. The molecule has 0 rings (SSSR count). The van der Waals surface area contributed by atoms with Gasteiger partial charge in [0.25, 0.3) is 20.2 Å². The first-order valence-electron chi connectivity index (χ1n) is 21.6. The van der Waals surface area contributed by atoms with Crippen molar-refractivity contribution in [1.82, 2.24) is 0 Å². The third-order valence-corrected chi connectivity index (χ3v) is 14.4. The van der Waals surface area contributed by atoms with Crippen LogP contribution in [0.25, 0.3) is 0 Å². The summed E-state index contributed by atoms with van der Waals surface area (Å²) in [4.78, 5) is 43.5. The number of ether oxygens (including phenoxy) is 2. The summed E-state index contributed by atoms with van der Waals surface area (Å²) in [6.07, 6.45) is 27.9. The molecular formula is C40H76CaNa2O14S2. The van der Waals surface area contributed by atoms with E-state index < -0.39 is 67.5 Å². The second-order valence-electron chi connectivity index (χ2n) is 14.6. The largest absolute Gasteiger partial charge is 1.00 e.